The monoisotopic (exact) mass is 1330 g/mol. The second kappa shape index (κ2) is 31.8. The molecule has 2 saturated heterocycles. The van der Waals surface area contributed by atoms with Gasteiger partial charge in [-0.15, -0.1) is 0 Å². The fraction of sp³-hybridized carbons (Fsp3) is 0.431. The van der Waals surface area contributed by atoms with E-state index in [1.807, 2.05) is 25.7 Å². The number of carbonyl (C=O) groups excluding carboxylic acids is 4. The minimum Gasteiger partial charge on any atom is -0.507 e. The number of nitrogens with one attached hydrogen (secondary N) is 4. The topological polar surface area (TPSA) is 242 Å². The minimum atomic E-state index is -1.84. The molecule has 5 N–H and O–H groups in total. The predicted octanol–water partition coefficient (Wildman–Crippen LogP) is 9.91. The number of halogens is 7. The Kier molecular flexibility index (Phi) is 24.3. The van der Waals surface area contributed by atoms with Crippen LogP contribution in [0.2, 0.25) is 15.1 Å². The van der Waals surface area contributed by atoms with Crippen molar-refractivity contribution >= 4 is 86.8 Å². The molecule has 3 heterocycles. The molecule has 2 aliphatic heterocycles. The number of anilines is 3. The molecule has 8 rings (SSSR count). The lowest BCUT2D eigenvalue weighted by Gasteiger charge is -2.37. The molecule has 2 aliphatic rings. The average molecular weight is 1340 g/mol. The van der Waals surface area contributed by atoms with Crippen LogP contribution in [-0.4, -0.2) is 173 Å². The van der Waals surface area contributed by atoms with Crippen LogP contribution in [0.25, 0.3) is 22.0 Å². The van der Waals surface area contributed by atoms with Crippen molar-refractivity contribution < 1.29 is 65.5 Å². The van der Waals surface area contributed by atoms with Gasteiger partial charge in [-0.05, 0) is 72.0 Å². The standard InChI is InChI=1S/C65H73Cl3F4N10O10/c1-38(83)81-20-22-82(23-21-81)60-42-35-45(68)53(54-46(69)11-8-12-49(54)84)57(72)58(42)78-63(79-60)75-18-17-52(85)80(5)24-26-90-28-30-92-32-31-91-29-27-89-25-19-74-61(86)39-13-16-48(50(33-39)88-6)76-62(87)59-55(41-9-7-10-44(67)56(41)71)65(37-73,51(77-59)36-64(2,3)4)43-15-14-40(66)34-47(43)70/h7-16,33-35,51,55,59,77,84H,17-32,36H2,1-6H3,(H,74,86)(H,76,87)(H,75,78,79)/t51-,55-,59+,65-/m0/s1. The zero-order valence-corrected chi connectivity index (χ0v) is 54.0. The number of nitrogens with zero attached hydrogens (tertiary/aromatic N) is 6. The molecule has 5 aromatic carbocycles. The highest BCUT2D eigenvalue weighted by Crippen LogP contribution is 2.53. The summed E-state index contributed by atoms with van der Waals surface area (Å²) in [5, 5.41) is 33.5. The van der Waals surface area contributed by atoms with Gasteiger partial charge in [-0.1, -0.05) is 79.8 Å². The normalized spacial score (nSPS) is 17.4. The Morgan fingerprint density at radius 2 is 1.48 bits per heavy atom. The zero-order valence-electron chi connectivity index (χ0n) is 51.7. The van der Waals surface area contributed by atoms with E-state index in [0.29, 0.717) is 38.6 Å². The van der Waals surface area contributed by atoms with E-state index in [1.165, 1.54) is 85.7 Å². The van der Waals surface area contributed by atoms with Crippen LogP contribution in [0.4, 0.5) is 35.0 Å². The van der Waals surface area contributed by atoms with E-state index in [0.717, 1.165) is 12.1 Å². The summed E-state index contributed by atoms with van der Waals surface area (Å²) >= 11 is 19.0. The molecular weight excluding hydrogens is 1260 g/mol. The van der Waals surface area contributed by atoms with E-state index in [9.17, 15) is 29.5 Å². The van der Waals surface area contributed by atoms with Crippen molar-refractivity contribution in [1.82, 2.24) is 30.4 Å². The van der Waals surface area contributed by atoms with Crippen LogP contribution in [0.15, 0.2) is 78.9 Å². The van der Waals surface area contributed by atoms with Crippen molar-refractivity contribution in [2.75, 3.05) is 128 Å². The third-order valence-corrected chi connectivity index (χ3v) is 16.7. The molecule has 0 bridgehead atoms. The van der Waals surface area contributed by atoms with Gasteiger partial charge in [0.05, 0.1) is 93.4 Å². The first kappa shape index (κ1) is 70.3. The highest BCUT2D eigenvalue weighted by Gasteiger charge is 2.61. The molecule has 2 fully saturated rings. The maximum absolute atomic E-state index is 16.5. The quantitative estimate of drug-likeness (QED) is 0.0227. The fourth-order valence-corrected chi connectivity index (χ4v) is 12.0. The van der Waals surface area contributed by atoms with E-state index in [-0.39, 0.29) is 156 Å². The van der Waals surface area contributed by atoms with Gasteiger partial charge < -0.3 is 64.8 Å². The Morgan fingerprint density at radius 1 is 0.804 bits per heavy atom. The van der Waals surface area contributed by atoms with Crippen LogP contribution in [0.1, 0.15) is 67.9 Å². The number of phenolic OH excluding ortho intramolecular Hbond substituents is 1. The molecule has 0 radical (unpaired) electrons. The third kappa shape index (κ3) is 16.8. The summed E-state index contributed by atoms with van der Waals surface area (Å²) in [6, 6.07) is 17.8. The van der Waals surface area contributed by atoms with E-state index in [4.69, 9.17) is 58.5 Å². The lowest BCUT2D eigenvalue weighted by atomic mass is 9.62. The lowest BCUT2D eigenvalue weighted by Crippen LogP contribution is -2.48. The van der Waals surface area contributed by atoms with E-state index in [1.54, 1.807) is 11.9 Å². The van der Waals surface area contributed by atoms with Crippen LogP contribution in [0, 0.1) is 40.0 Å². The minimum absolute atomic E-state index is 0.00155. The Balaban J connectivity index is 0.723. The molecule has 6 aromatic rings. The number of methoxy groups -OCH3 is 1. The number of benzene rings is 5. The SMILES string of the molecule is COc1cc(C(=O)NCCOCCOCCOCCOCCN(C)C(=O)CCNc2nc(N3CCN(C(C)=O)CC3)c3cc(Cl)c(-c4c(O)cccc4F)c(F)c3n2)ccc1NC(=O)[C@@H]1N[C@@H](CC(C)(C)C)[C@](C#N)(c2ccc(Cl)cc2F)[C@H]1c1cccc(Cl)c1F. The Morgan fingerprint density at radius 3 is 2.12 bits per heavy atom. The number of nitriles is 1. The number of aromatic hydroxyl groups is 1. The van der Waals surface area contributed by atoms with Gasteiger partial charge in [-0.25, -0.2) is 22.5 Å². The van der Waals surface area contributed by atoms with Gasteiger partial charge in [-0.2, -0.15) is 10.2 Å². The fourth-order valence-electron chi connectivity index (χ4n) is 11.3. The number of amides is 4. The second-order valence-electron chi connectivity index (χ2n) is 23.2. The van der Waals surface area contributed by atoms with Crippen LogP contribution in [0.3, 0.4) is 0 Å². The highest BCUT2D eigenvalue weighted by molar-refractivity contribution is 6.34. The van der Waals surface area contributed by atoms with Gasteiger partial charge in [0.15, 0.2) is 5.82 Å². The van der Waals surface area contributed by atoms with Crippen molar-refractivity contribution in [3.63, 3.8) is 0 Å². The van der Waals surface area contributed by atoms with E-state index in [2.05, 4.69) is 37.3 Å². The van der Waals surface area contributed by atoms with Gasteiger partial charge in [0.1, 0.15) is 45.7 Å². The van der Waals surface area contributed by atoms with Gasteiger partial charge in [0.2, 0.25) is 23.7 Å². The molecule has 4 atom stereocenters. The van der Waals surface area contributed by atoms with Crippen LogP contribution < -0.4 is 30.9 Å². The number of ether oxygens (including phenoxy) is 5. The van der Waals surface area contributed by atoms with Crippen molar-refractivity contribution in [2.45, 2.75) is 64.0 Å². The average Bonchev–Trinajstić information content (AvgIpc) is 1.51. The highest BCUT2D eigenvalue weighted by atomic mass is 35.5. The molecule has 0 unspecified atom stereocenters. The van der Waals surface area contributed by atoms with E-state index < -0.39 is 75.2 Å². The van der Waals surface area contributed by atoms with Crippen LogP contribution in [0.5, 0.6) is 11.5 Å². The number of rotatable bonds is 28. The Hall–Kier alpha value is -7.60. The maximum Gasteiger partial charge on any atom is 0.251 e. The van der Waals surface area contributed by atoms with Crippen molar-refractivity contribution in [3.05, 3.63) is 134 Å². The Bertz CT molecular complexity index is 3670. The summed E-state index contributed by atoms with van der Waals surface area (Å²) in [5.41, 5.74) is -3.00. The summed E-state index contributed by atoms with van der Waals surface area (Å²) in [6.07, 6.45) is 0.301. The zero-order chi connectivity index (χ0) is 66.4. The van der Waals surface area contributed by atoms with Crippen molar-refractivity contribution in [2.24, 2.45) is 5.41 Å². The number of carbonyl (C=O) groups is 4. The summed E-state index contributed by atoms with van der Waals surface area (Å²) in [7, 11) is 3.00. The first-order valence-corrected chi connectivity index (χ1v) is 30.9. The summed E-state index contributed by atoms with van der Waals surface area (Å²) in [4.78, 5) is 67.0. The number of aromatic nitrogens is 2. The maximum atomic E-state index is 16.5. The first-order chi connectivity index (χ1) is 44.0. The van der Waals surface area contributed by atoms with E-state index >= 15 is 17.6 Å². The Labute approximate surface area is 545 Å². The molecule has 92 heavy (non-hydrogen) atoms. The number of fused-ring (bicyclic) bond motifs is 1. The van der Waals surface area contributed by atoms with Crippen molar-refractivity contribution in [1.29, 1.82) is 5.26 Å². The summed E-state index contributed by atoms with van der Waals surface area (Å²) in [5.74, 6) is -6.29. The van der Waals surface area contributed by atoms with Gasteiger partial charge in [0, 0.05) is 105 Å². The molecule has 0 saturated carbocycles. The molecule has 492 valence electrons. The van der Waals surface area contributed by atoms with Crippen LogP contribution >= 0.6 is 34.8 Å². The van der Waals surface area contributed by atoms with Gasteiger partial charge in [0.25, 0.3) is 5.91 Å². The number of piperazine rings is 1. The van der Waals surface area contributed by atoms with Gasteiger partial charge >= 0.3 is 0 Å². The first-order valence-electron chi connectivity index (χ1n) is 29.8. The smallest absolute Gasteiger partial charge is 0.251 e. The molecule has 4 amide bonds. The van der Waals surface area contributed by atoms with Crippen LogP contribution in [-0.2, 0) is 38.7 Å². The molecule has 1 aromatic heterocycles. The lowest BCUT2D eigenvalue weighted by molar-refractivity contribution is -0.130. The third-order valence-electron chi connectivity index (χ3n) is 15.8. The summed E-state index contributed by atoms with van der Waals surface area (Å²) in [6.45, 7) is 11.4. The largest absolute Gasteiger partial charge is 0.507 e. The number of phenols is 1. The molecule has 0 spiro atoms. The number of hydrogen-bond donors (Lipinski definition) is 5. The van der Waals surface area contributed by atoms with Gasteiger partial charge in [-0.3, -0.25) is 19.2 Å². The number of likely N-dealkylation sites (N-methyl/N-ethyl adjacent to an activating group) is 1. The number of hydrogen-bond acceptors (Lipinski definition) is 16. The molecular formula is C65H73Cl3F4N10O10. The van der Waals surface area contributed by atoms with Crippen molar-refractivity contribution in [3.8, 4) is 28.7 Å². The second-order valence-corrected chi connectivity index (χ2v) is 24.5. The molecule has 0 aliphatic carbocycles. The molecule has 27 heteroatoms. The summed E-state index contributed by atoms with van der Waals surface area (Å²) < 4.78 is 91.9. The predicted molar refractivity (Wildman–Crippen MR) is 342 cm³/mol. The molecule has 20 nitrogen and oxygen atoms in total.